The molecule has 3 nitrogen and oxygen atoms in total. The van der Waals surface area contributed by atoms with E-state index in [1.54, 1.807) is 0 Å². The molecule has 1 heterocycles. The van der Waals surface area contributed by atoms with E-state index in [0.29, 0.717) is 6.54 Å². The molecule has 0 radical (unpaired) electrons. The van der Waals surface area contributed by atoms with Gasteiger partial charge < -0.3 is 10.0 Å². The molecule has 0 spiro atoms. The highest BCUT2D eigenvalue weighted by Crippen LogP contribution is 2.31. The summed E-state index contributed by atoms with van der Waals surface area (Å²) >= 11 is 3.45. The van der Waals surface area contributed by atoms with Crippen LogP contribution in [0.5, 0.6) is 0 Å². The summed E-state index contributed by atoms with van der Waals surface area (Å²) in [6.07, 6.45) is 4.47. The van der Waals surface area contributed by atoms with Crippen molar-refractivity contribution in [2.75, 3.05) is 24.6 Å². The SMILES string of the molecule is Cc1cc(N(CCO)CC2CC2)ncc1Br. The molecule has 1 aromatic heterocycles. The van der Waals surface area contributed by atoms with Gasteiger partial charge in [0.15, 0.2) is 0 Å². The largest absolute Gasteiger partial charge is 0.395 e. The number of nitrogens with zero attached hydrogens (tertiary/aromatic N) is 2. The van der Waals surface area contributed by atoms with Gasteiger partial charge in [-0.05, 0) is 53.2 Å². The Kier molecular flexibility index (Phi) is 3.82. The van der Waals surface area contributed by atoms with E-state index in [9.17, 15) is 0 Å². The molecule has 2 rings (SSSR count). The first kappa shape index (κ1) is 11.9. The lowest BCUT2D eigenvalue weighted by atomic mass is 10.2. The van der Waals surface area contributed by atoms with Gasteiger partial charge in [-0.15, -0.1) is 0 Å². The third kappa shape index (κ3) is 2.95. The Labute approximate surface area is 105 Å². The Morgan fingerprint density at radius 1 is 1.56 bits per heavy atom. The van der Waals surface area contributed by atoms with Crippen molar-refractivity contribution in [1.29, 1.82) is 0 Å². The fourth-order valence-corrected chi connectivity index (χ4v) is 1.95. The molecule has 0 aromatic carbocycles. The molecule has 0 unspecified atom stereocenters. The third-order valence-corrected chi connectivity index (χ3v) is 3.73. The van der Waals surface area contributed by atoms with Crippen molar-refractivity contribution in [3.8, 4) is 0 Å². The van der Waals surface area contributed by atoms with Crippen molar-refractivity contribution in [3.63, 3.8) is 0 Å². The van der Waals surface area contributed by atoms with Gasteiger partial charge in [0.2, 0.25) is 0 Å². The first-order valence-corrected chi connectivity index (χ1v) is 6.48. The molecule has 1 fully saturated rings. The number of pyridine rings is 1. The van der Waals surface area contributed by atoms with E-state index in [-0.39, 0.29) is 6.61 Å². The van der Waals surface area contributed by atoms with Crippen molar-refractivity contribution < 1.29 is 5.11 Å². The minimum absolute atomic E-state index is 0.184. The minimum atomic E-state index is 0.184. The zero-order valence-electron chi connectivity index (χ0n) is 9.49. The summed E-state index contributed by atoms with van der Waals surface area (Å²) in [5.41, 5.74) is 1.18. The third-order valence-electron chi connectivity index (χ3n) is 2.90. The number of hydrogen-bond donors (Lipinski definition) is 1. The maximum Gasteiger partial charge on any atom is 0.128 e. The van der Waals surface area contributed by atoms with E-state index < -0.39 is 0 Å². The van der Waals surface area contributed by atoms with Gasteiger partial charge in [-0.2, -0.15) is 0 Å². The van der Waals surface area contributed by atoms with Crippen molar-refractivity contribution in [3.05, 3.63) is 22.3 Å². The van der Waals surface area contributed by atoms with Gasteiger partial charge in [0.25, 0.3) is 0 Å². The Bertz CT molecular complexity index is 366. The smallest absolute Gasteiger partial charge is 0.128 e. The number of aliphatic hydroxyl groups excluding tert-OH is 1. The molecular formula is C12H17BrN2O. The van der Waals surface area contributed by atoms with Crippen LogP contribution < -0.4 is 4.90 Å². The van der Waals surface area contributed by atoms with Crippen LogP contribution in [0.25, 0.3) is 0 Å². The molecule has 0 atom stereocenters. The molecule has 1 aromatic rings. The van der Waals surface area contributed by atoms with Gasteiger partial charge in [-0.25, -0.2) is 4.98 Å². The highest BCUT2D eigenvalue weighted by atomic mass is 79.9. The summed E-state index contributed by atoms with van der Waals surface area (Å²) in [4.78, 5) is 6.58. The summed E-state index contributed by atoms with van der Waals surface area (Å²) in [6.45, 7) is 3.94. The highest BCUT2D eigenvalue weighted by molar-refractivity contribution is 9.10. The second-order valence-electron chi connectivity index (χ2n) is 4.40. The molecule has 88 valence electrons. The number of aryl methyl sites for hydroxylation is 1. The molecule has 0 amide bonds. The number of rotatable bonds is 5. The van der Waals surface area contributed by atoms with Crippen molar-refractivity contribution in [2.45, 2.75) is 19.8 Å². The molecule has 0 aliphatic heterocycles. The molecule has 1 aliphatic rings. The monoisotopic (exact) mass is 284 g/mol. The second-order valence-corrected chi connectivity index (χ2v) is 5.26. The van der Waals surface area contributed by atoms with Crippen molar-refractivity contribution in [2.24, 2.45) is 5.92 Å². The maximum absolute atomic E-state index is 9.08. The zero-order chi connectivity index (χ0) is 11.5. The van der Waals surface area contributed by atoms with E-state index >= 15 is 0 Å². The highest BCUT2D eigenvalue weighted by Gasteiger charge is 2.24. The molecular weight excluding hydrogens is 268 g/mol. The summed E-state index contributed by atoms with van der Waals surface area (Å²) in [6, 6.07) is 2.07. The van der Waals surface area contributed by atoms with Crippen LogP contribution >= 0.6 is 15.9 Å². The average Bonchev–Trinajstić information content (AvgIpc) is 3.05. The average molecular weight is 285 g/mol. The number of hydrogen-bond acceptors (Lipinski definition) is 3. The van der Waals surface area contributed by atoms with E-state index in [1.165, 1.54) is 18.4 Å². The topological polar surface area (TPSA) is 36.4 Å². The van der Waals surface area contributed by atoms with Crippen LogP contribution in [0.2, 0.25) is 0 Å². The van der Waals surface area contributed by atoms with Crippen LogP contribution in [0.4, 0.5) is 5.82 Å². The maximum atomic E-state index is 9.08. The molecule has 1 N–H and O–H groups in total. The number of halogens is 1. The minimum Gasteiger partial charge on any atom is -0.395 e. The molecule has 0 saturated heterocycles. The molecule has 1 saturated carbocycles. The van der Waals surface area contributed by atoms with Crippen LogP contribution in [0.3, 0.4) is 0 Å². The second kappa shape index (κ2) is 5.15. The van der Waals surface area contributed by atoms with Crippen molar-refractivity contribution >= 4 is 21.7 Å². The van der Waals surface area contributed by atoms with Gasteiger partial charge >= 0.3 is 0 Å². The normalized spacial score (nSPS) is 15.2. The van der Waals surface area contributed by atoms with Crippen LogP contribution in [0.15, 0.2) is 16.7 Å². The summed E-state index contributed by atoms with van der Waals surface area (Å²) in [5.74, 6) is 1.78. The van der Waals surface area contributed by atoms with Gasteiger partial charge in [-0.3, -0.25) is 0 Å². The lowest BCUT2D eigenvalue weighted by Crippen LogP contribution is -2.29. The zero-order valence-corrected chi connectivity index (χ0v) is 11.1. The Hall–Kier alpha value is -0.610. The van der Waals surface area contributed by atoms with Crippen LogP contribution in [0.1, 0.15) is 18.4 Å². The van der Waals surface area contributed by atoms with Gasteiger partial charge in [-0.1, -0.05) is 0 Å². The fourth-order valence-electron chi connectivity index (χ4n) is 1.73. The van der Waals surface area contributed by atoms with E-state index in [2.05, 4.69) is 38.8 Å². The summed E-state index contributed by atoms with van der Waals surface area (Å²) in [7, 11) is 0. The lowest BCUT2D eigenvalue weighted by Gasteiger charge is -2.23. The number of anilines is 1. The number of aliphatic hydroxyl groups is 1. The first-order valence-electron chi connectivity index (χ1n) is 5.68. The van der Waals surface area contributed by atoms with Crippen molar-refractivity contribution in [1.82, 2.24) is 4.98 Å². The van der Waals surface area contributed by atoms with Crippen LogP contribution in [0, 0.1) is 12.8 Å². The van der Waals surface area contributed by atoms with E-state index in [1.807, 2.05) is 6.20 Å². The molecule has 4 heteroatoms. The fraction of sp³-hybridized carbons (Fsp3) is 0.583. The number of aromatic nitrogens is 1. The lowest BCUT2D eigenvalue weighted by molar-refractivity contribution is 0.301. The van der Waals surface area contributed by atoms with Gasteiger partial charge in [0.1, 0.15) is 5.82 Å². The standard InChI is InChI=1S/C12H17BrN2O/c1-9-6-12(14-7-11(9)13)15(4-5-16)8-10-2-3-10/h6-7,10,16H,2-5,8H2,1H3. The first-order chi connectivity index (χ1) is 7.70. The predicted octanol–water partition coefficient (Wildman–Crippen LogP) is 2.36. The van der Waals surface area contributed by atoms with Gasteiger partial charge in [0.05, 0.1) is 6.61 Å². The van der Waals surface area contributed by atoms with E-state index in [4.69, 9.17) is 5.11 Å². The molecule has 16 heavy (non-hydrogen) atoms. The summed E-state index contributed by atoms with van der Waals surface area (Å²) in [5, 5.41) is 9.08. The molecule has 0 bridgehead atoms. The van der Waals surface area contributed by atoms with E-state index in [0.717, 1.165) is 22.8 Å². The van der Waals surface area contributed by atoms with Gasteiger partial charge in [0, 0.05) is 23.8 Å². The quantitative estimate of drug-likeness (QED) is 0.902. The molecule has 1 aliphatic carbocycles. The Morgan fingerprint density at radius 3 is 2.88 bits per heavy atom. The predicted molar refractivity (Wildman–Crippen MR) is 68.7 cm³/mol. The van der Waals surface area contributed by atoms with Crippen LogP contribution in [-0.2, 0) is 0 Å². The Balaban J connectivity index is 2.12. The summed E-state index contributed by atoms with van der Waals surface area (Å²) < 4.78 is 1.03. The Morgan fingerprint density at radius 2 is 2.31 bits per heavy atom. The van der Waals surface area contributed by atoms with Crippen LogP contribution in [-0.4, -0.2) is 29.8 Å².